The summed E-state index contributed by atoms with van der Waals surface area (Å²) in [5.74, 6) is 1.52. The Hall–Kier alpha value is -2.88. The van der Waals surface area contributed by atoms with E-state index in [4.69, 9.17) is 9.47 Å². The number of ether oxygens (including phenoxy) is 2. The molecule has 8 heteroatoms. The molecule has 7 nitrogen and oxygen atoms in total. The van der Waals surface area contributed by atoms with Gasteiger partial charge in [0.1, 0.15) is 0 Å². The molecule has 4 N–H and O–H groups in total. The van der Waals surface area contributed by atoms with Gasteiger partial charge in [-0.1, -0.05) is 67.6 Å². The lowest BCUT2D eigenvalue weighted by Crippen LogP contribution is -2.38. The first-order chi connectivity index (χ1) is 19.0. The van der Waals surface area contributed by atoms with Crippen molar-refractivity contribution in [2.45, 2.75) is 45.5 Å². The first-order valence-electron chi connectivity index (χ1n) is 13.4. The average Bonchev–Trinajstić information content (AvgIpc) is 2.97. The van der Waals surface area contributed by atoms with Crippen LogP contribution >= 0.6 is 11.8 Å². The minimum absolute atomic E-state index is 0.00348. The van der Waals surface area contributed by atoms with E-state index in [1.54, 1.807) is 11.8 Å². The van der Waals surface area contributed by atoms with E-state index < -0.39 is 6.29 Å². The van der Waals surface area contributed by atoms with Crippen LogP contribution < -0.4 is 10.6 Å². The van der Waals surface area contributed by atoms with Gasteiger partial charge < -0.3 is 30.3 Å². The molecule has 1 saturated heterocycles. The topological polar surface area (TPSA) is 100 Å². The molecule has 39 heavy (non-hydrogen) atoms. The van der Waals surface area contributed by atoms with Gasteiger partial charge in [-0.15, -0.1) is 0 Å². The summed E-state index contributed by atoms with van der Waals surface area (Å²) in [7, 11) is 0. The van der Waals surface area contributed by atoms with Crippen molar-refractivity contribution in [1.82, 2.24) is 10.6 Å². The van der Waals surface area contributed by atoms with Gasteiger partial charge in [0.2, 0.25) is 0 Å². The number of urea groups is 1. The molecule has 0 aromatic heterocycles. The molecule has 0 bridgehead atoms. The average molecular weight is 551 g/mol. The second-order valence-electron chi connectivity index (χ2n) is 9.66. The maximum Gasteiger partial charge on any atom is 0.315 e. The highest BCUT2D eigenvalue weighted by Crippen LogP contribution is 2.43. The Labute approximate surface area is 234 Å². The fourth-order valence-corrected chi connectivity index (χ4v) is 5.62. The Morgan fingerprint density at radius 1 is 0.897 bits per heavy atom. The lowest BCUT2D eigenvalue weighted by molar-refractivity contribution is -0.268. The van der Waals surface area contributed by atoms with Gasteiger partial charge >= 0.3 is 6.03 Å². The molecule has 4 rings (SSSR count). The second kappa shape index (κ2) is 14.5. The zero-order valence-electron chi connectivity index (χ0n) is 22.5. The van der Waals surface area contributed by atoms with Gasteiger partial charge in [-0.05, 0) is 46.9 Å². The van der Waals surface area contributed by atoms with Crippen molar-refractivity contribution in [1.29, 1.82) is 0 Å². The Morgan fingerprint density at radius 2 is 1.64 bits per heavy atom. The molecule has 1 fully saturated rings. The molecule has 3 aromatic carbocycles. The van der Waals surface area contributed by atoms with Crippen LogP contribution in [0.3, 0.4) is 0 Å². The molecular weight excluding hydrogens is 512 g/mol. The number of thioether (sulfide) groups is 1. The molecule has 0 spiro atoms. The second-order valence-corrected chi connectivity index (χ2v) is 10.8. The predicted octanol–water partition coefficient (Wildman–Crippen LogP) is 5.18. The van der Waals surface area contributed by atoms with Crippen LogP contribution in [0.15, 0.2) is 72.8 Å². The largest absolute Gasteiger partial charge is 0.396 e. The monoisotopic (exact) mass is 550 g/mol. The van der Waals surface area contributed by atoms with E-state index >= 15 is 0 Å². The number of hydrogen-bond acceptors (Lipinski definition) is 6. The molecule has 208 valence electrons. The highest BCUT2D eigenvalue weighted by molar-refractivity contribution is 7.99. The van der Waals surface area contributed by atoms with Gasteiger partial charge in [-0.3, -0.25) is 0 Å². The van der Waals surface area contributed by atoms with Gasteiger partial charge in [0.05, 0.1) is 25.4 Å². The lowest BCUT2D eigenvalue weighted by atomic mass is 9.91. The fraction of sp³-hybridized carbons (Fsp3) is 0.387. The third kappa shape index (κ3) is 7.84. The third-order valence-electron chi connectivity index (χ3n) is 6.85. The normalized spacial score (nSPS) is 20.9. The Balaban J connectivity index is 1.56. The van der Waals surface area contributed by atoms with E-state index in [9.17, 15) is 15.0 Å². The van der Waals surface area contributed by atoms with Crippen LogP contribution in [0.1, 0.15) is 48.5 Å². The smallest absolute Gasteiger partial charge is 0.315 e. The molecule has 0 unspecified atom stereocenters. The first-order valence-corrected chi connectivity index (χ1v) is 14.6. The van der Waals surface area contributed by atoms with Crippen LogP contribution in [0.2, 0.25) is 0 Å². The van der Waals surface area contributed by atoms with Crippen LogP contribution in [0.25, 0.3) is 11.1 Å². The van der Waals surface area contributed by atoms with E-state index in [0.29, 0.717) is 18.8 Å². The summed E-state index contributed by atoms with van der Waals surface area (Å²) in [4.78, 5) is 11.8. The highest BCUT2D eigenvalue weighted by Gasteiger charge is 2.38. The zero-order chi connectivity index (χ0) is 27.6. The number of rotatable bonds is 11. The van der Waals surface area contributed by atoms with Crippen molar-refractivity contribution in [2.75, 3.05) is 24.7 Å². The maximum atomic E-state index is 11.8. The number of aliphatic hydroxyl groups excluding tert-OH is 2. The van der Waals surface area contributed by atoms with Crippen molar-refractivity contribution < 1.29 is 24.5 Å². The number of aliphatic hydroxyl groups is 2. The van der Waals surface area contributed by atoms with Gasteiger partial charge in [-0.25, -0.2) is 4.79 Å². The molecule has 3 aromatic rings. The summed E-state index contributed by atoms with van der Waals surface area (Å²) >= 11 is 1.68. The molecule has 0 radical (unpaired) electrons. The number of nitrogens with one attached hydrogen (secondary N) is 2. The lowest BCUT2D eigenvalue weighted by Gasteiger charge is -2.41. The fourth-order valence-electron chi connectivity index (χ4n) is 4.70. The zero-order valence-corrected chi connectivity index (χ0v) is 23.3. The molecule has 2 amide bonds. The van der Waals surface area contributed by atoms with Gasteiger partial charge in [0.15, 0.2) is 6.29 Å². The summed E-state index contributed by atoms with van der Waals surface area (Å²) in [6.45, 7) is 5.19. The van der Waals surface area contributed by atoms with E-state index in [1.165, 1.54) is 0 Å². The summed E-state index contributed by atoms with van der Waals surface area (Å²) < 4.78 is 13.1. The SMILES string of the molecule is CCNC(=O)NCc1cccc(-c2cccc([C@H]3O[C@@H](CSCCO)[C@@H](C)[C@@H](c4ccc(CO)cc4)O3)c2)c1. The number of benzene rings is 3. The minimum Gasteiger partial charge on any atom is -0.396 e. The van der Waals surface area contributed by atoms with Crippen molar-refractivity contribution >= 4 is 17.8 Å². The Kier molecular flexibility index (Phi) is 10.8. The standard InChI is InChI=1S/C31H38N2O5S/c1-3-32-31(36)33-18-23-6-4-7-25(16-23)26-8-5-9-27(17-26)30-37-28(20-39-15-14-34)21(2)29(38-30)24-12-10-22(19-35)11-13-24/h4-13,16-17,21,28-30,34-35H,3,14-15,18-20H2,1-2H3,(H2,32,33,36)/t21-,28+,29+,30+/m1/s1. The van der Waals surface area contributed by atoms with Crippen molar-refractivity contribution in [3.05, 3.63) is 95.1 Å². The predicted molar refractivity (Wildman–Crippen MR) is 155 cm³/mol. The minimum atomic E-state index is -0.550. The van der Waals surface area contributed by atoms with Gasteiger partial charge in [0.25, 0.3) is 0 Å². The quantitative estimate of drug-likeness (QED) is 0.246. The van der Waals surface area contributed by atoms with Crippen molar-refractivity contribution in [3.63, 3.8) is 0 Å². The number of carbonyl (C=O) groups is 1. The molecule has 1 aliphatic heterocycles. The van der Waals surface area contributed by atoms with Crippen LogP contribution in [-0.4, -0.2) is 47.0 Å². The molecular formula is C31H38N2O5S. The maximum absolute atomic E-state index is 11.8. The van der Waals surface area contributed by atoms with Crippen LogP contribution in [0.5, 0.6) is 0 Å². The molecule has 1 heterocycles. The summed E-state index contributed by atoms with van der Waals surface area (Å²) in [6, 6.07) is 24.0. The van der Waals surface area contributed by atoms with Crippen LogP contribution in [-0.2, 0) is 22.6 Å². The Bertz CT molecular complexity index is 1210. The number of hydrogen-bond donors (Lipinski definition) is 4. The first kappa shape index (κ1) is 29.1. The molecule has 0 saturated carbocycles. The van der Waals surface area contributed by atoms with Gasteiger partial charge in [-0.2, -0.15) is 11.8 Å². The van der Waals surface area contributed by atoms with E-state index in [2.05, 4.69) is 41.8 Å². The Morgan fingerprint density at radius 3 is 2.36 bits per heavy atom. The third-order valence-corrected chi connectivity index (χ3v) is 7.89. The number of carbonyl (C=O) groups excluding carboxylic acids is 1. The molecule has 1 aliphatic rings. The van der Waals surface area contributed by atoms with Crippen molar-refractivity contribution in [2.24, 2.45) is 5.92 Å². The van der Waals surface area contributed by atoms with Gasteiger partial charge in [0, 0.05) is 36.1 Å². The van der Waals surface area contributed by atoms with E-state index in [1.807, 2.05) is 55.5 Å². The summed E-state index contributed by atoms with van der Waals surface area (Å²) in [5.41, 5.74) is 5.93. The van der Waals surface area contributed by atoms with E-state index in [0.717, 1.165) is 39.1 Å². The highest BCUT2D eigenvalue weighted by atomic mass is 32.2. The molecule has 4 atom stereocenters. The van der Waals surface area contributed by atoms with Crippen molar-refractivity contribution in [3.8, 4) is 11.1 Å². The van der Waals surface area contributed by atoms with E-state index in [-0.39, 0.29) is 37.4 Å². The summed E-state index contributed by atoms with van der Waals surface area (Å²) in [5, 5.41) is 24.4. The summed E-state index contributed by atoms with van der Waals surface area (Å²) in [6.07, 6.45) is -0.787. The van der Waals surface area contributed by atoms with Crippen LogP contribution in [0.4, 0.5) is 4.79 Å². The van der Waals surface area contributed by atoms with Crippen LogP contribution in [0, 0.1) is 5.92 Å². The molecule has 0 aliphatic carbocycles. The number of amides is 2.